The first-order valence-corrected chi connectivity index (χ1v) is 15.7. The maximum Gasteiger partial charge on any atom is 0.143 e. The van der Waals surface area contributed by atoms with Crippen molar-refractivity contribution in [3.63, 3.8) is 0 Å². The lowest BCUT2D eigenvalue weighted by Crippen LogP contribution is -2.27. The molecule has 0 amide bonds. The minimum absolute atomic E-state index is 0.813. The highest BCUT2D eigenvalue weighted by Gasteiger charge is 2.45. The quantitative estimate of drug-likeness (QED) is 0.223. The van der Waals surface area contributed by atoms with Crippen LogP contribution in [0.5, 0.6) is 0 Å². The number of aliphatic hydroxyl groups is 1. The van der Waals surface area contributed by atoms with Crippen molar-refractivity contribution in [3.05, 3.63) is 174 Å². The van der Waals surface area contributed by atoms with Gasteiger partial charge in [0.15, 0.2) is 0 Å². The number of hydrogen-bond acceptors (Lipinski definition) is 2. The molecule has 2 aromatic heterocycles. The third-order valence-electron chi connectivity index (χ3n) is 9.84. The van der Waals surface area contributed by atoms with Gasteiger partial charge in [-0.05, 0) is 47.0 Å². The lowest BCUT2D eigenvalue weighted by Gasteiger charge is -2.29. The highest BCUT2D eigenvalue weighted by atomic mass is 16.3. The van der Waals surface area contributed by atoms with Crippen LogP contribution in [-0.2, 0) is 5.60 Å². The summed E-state index contributed by atoms with van der Waals surface area (Å²) >= 11 is 0. The summed E-state index contributed by atoms with van der Waals surface area (Å²) in [4.78, 5) is 0. The van der Waals surface area contributed by atoms with Crippen LogP contribution in [-0.4, -0.2) is 9.67 Å². The SMILES string of the molecule is OC1(c2ccccc2-c2ccc3c4ccccc4n(-c4ccccc4)c3c2)c2ccccc2-c2c1ccc1c2oc2ccccc21. The van der Waals surface area contributed by atoms with Crippen LogP contribution in [0.4, 0.5) is 0 Å². The van der Waals surface area contributed by atoms with Crippen LogP contribution in [0.1, 0.15) is 16.7 Å². The Morgan fingerprint density at radius 2 is 1.11 bits per heavy atom. The number of furan rings is 1. The summed E-state index contributed by atoms with van der Waals surface area (Å²) in [5.74, 6) is 0. The van der Waals surface area contributed by atoms with E-state index < -0.39 is 5.60 Å². The van der Waals surface area contributed by atoms with Gasteiger partial charge in [0.2, 0.25) is 0 Å². The summed E-state index contributed by atoms with van der Waals surface area (Å²) in [6, 6.07) is 54.6. The smallest absolute Gasteiger partial charge is 0.143 e. The predicted octanol–water partition coefficient (Wildman–Crippen LogP) is 10.6. The van der Waals surface area contributed by atoms with Crippen molar-refractivity contribution in [1.29, 1.82) is 0 Å². The Labute approximate surface area is 265 Å². The zero-order chi connectivity index (χ0) is 30.4. The second kappa shape index (κ2) is 9.31. The summed E-state index contributed by atoms with van der Waals surface area (Å²) < 4.78 is 8.85. The van der Waals surface area contributed by atoms with Gasteiger partial charge in [0, 0.05) is 49.5 Å². The molecule has 0 saturated carbocycles. The lowest BCUT2D eigenvalue weighted by atomic mass is 9.80. The van der Waals surface area contributed by atoms with Crippen LogP contribution in [0.15, 0.2) is 162 Å². The highest BCUT2D eigenvalue weighted by Crippen LogP contribution is 2.55. The Morgan fingerprint density at radius 3 is 1.96 bits per heavy atom. The molecular formula is C43H27NO2. The van der Waals surface area contributed by atoms with Crippen molar-refractivity contribution in [2.24, 2.45) is 0 Å². The summed E-state index contributed by atoms with van der Waals surface area (Å²) in [5.41, 5.74) is 10.2. The van der Waals surface area contributed by atoms with Gasteiger partial charge in [-0.1, -0.05) is 127 Å². The van der Waals surface area contributed by atoms with E-state index in [9.17, 15) is 5.11 Å². The number of para-hydroxylation sites is 3. The van der Waals surface area contributed by atoms with Gasteiger partial charge in [0.25, 0.3) is 0 Å². The molecule has 3 nitrogen and oxygen atoms in total. The van der Waals surface area contributed by atoms with Crippen molar-refractivity contribution >= 4 is 43.7 Å². The molecule has 216 valence electrons. The molecule has 7 aromatic carbocycles. The van der Waals surface area contributed by atoms with Crippen molar-refractivity contribution in [2.45, 2.75) is 5.60 Å². The molecule has 1 aliphatic rings. The molecule has 0 bridgehead atoms. The van der Waals surface area contributed by atoms with E-state index in [-0.39, 0.29) is 0 Å². The average Bonchev–Trinajstić information content (AvgIpc) is 3.75. The molecule has 46 heavy (non-hydrogen) atoms. The standard InChI is InChI=1S/C43H27NO2/c45-43(36-19-9-5-17-34(36)41-37(43)25-24-33-32-16-7-11-21-40(32)46-42(33)41)35-18-8-4-14-29(35)27-22-23-31-30-15-6-10-20-38(30)44(39(31)26-27)28-12-2-1-3-13-28/h1-26,45H. The van der Waals surface area contributed by atoms with Crippen LogP contribution < -0.4 is 0 Å². The number of benzene rings is 7. The zero-order valence-electron chi connectivity index (χ0n) is 24.8. The molecule has 1 atom stereocenters. The summed E-state index contributed by atoms with van der Waals surface area (Å²) in [6.45, 7) is 0. The van der Waals surface area contributed by atoms with Gasteiger partial charge in [0.1, 0.15) is 16.8 Å². The maximum absolute atomic E-state index is 13.2. The van der Waals surface area contributed by atoms with Crippen LogP contribution >= 0.6 is 0 Å². The normalized spacial score (nSPS) is 15.6. The third kappa shape index (κ3) is 3.30. The van der Waals surface area contributed by atoms with Crippen molar-refractivity contribution in [1.82, 2.24) is 4.57 Å². The second-order valence-electron chi connectivity index (χ2n) is 12.2. The first-order chi connectivity index (χ1) is 22.7. The van der Waals surface area contributed by atoms with Gasteiger partial charge >= 0.3 is 0 Å². The topological polar surface area (TPSA) is 38.3 Å². The predicted molar refractivity (Wildman–Crippen MR) is 187 cm³/mol. The van der Waals surface area contributed by atoms with Crippen molar-refractivity contribution in [3.8, 4) is 27.9 Å². The number of fused-ring (bicyclic) bond motifs is 10. The van der Waals surface area contributed by atoms with E-state index in [0.29, 0.717) is 0 Å². The molecule has 1 N–H and O–H groups in total. The number of aromatic nitrogens is 1. The molecule has 3 heteroatoms. The summed E-state index contributed by atoms with van der Waals surface area (Å²) in [5, 5.41) is 17.7. The lowest BCUT2D eigenvalue weighted by molar-refractivity contribution is 0.131. The van der Waals surface area contributed by atoms with Crippen LogP contribution in [0.3, 0.4) is 0 Å². The van der Waals surface area contributed by atoms with Crippen LogP contribution in [0.25, 0.3) is 71.7 Å². The molecule has 2 heterocycles. The van der Waals surface area contributed by atoms with E-state index in [4.69, 9.17) is 4.42 Å². The molecule has 0 fully saturated rings. The van der Waals surface area contributed by atoms with Crippen molar-refractivity contribution < 1.29 is 9.52 Å². The van der Waals surface area contributed by atoms with E-state index in [0.717, 1.165) is 72.1 Å². The van der Waals surface area contributed by atoms with E-state index in [1.54, 1.807) is 0 Å². The fourth-order valence-electron chi connectivity index (χ4n) is 7.85. The first kappa shape index (κ1) is 25.4. The Bertz CT molecular complexity index is 2660. The van der Waals surface area contributed by atoms with Crippen LogP contribution in [0.2, 0.25) is 0 Å². The van der Waals surface area contributed by atoms with Gasteiger partial charge in [0.05, 0.1) is 11.0 Å². The minimum atomic E-state index is -1.38. The monoisotopic (exact) mass is 589 g/mol. The number of nitrogens with zero attached hydrogens (tertiary/aromatic N) is 1. The Hall–Kier alpha value is -5.90. The van der Waals surface area contributed by atoms with E-state index in [1.165, 1.54) is 16.3 Å². The fourth-order valence-corrected chi connectivity index (χ4v) is 7.85. The second-order valence-corrected chi connectivity index (χ2v) is 12.2. The van der Waals surface area contributed by atoms with Gasteiger partial charge in [-0.25, -0.2) is 0 Å². The van der Waals surface area contributed by atoms with E-state index in [2.05, 4.69) is 126 Å². The molecular weight excluding hydrogens is 562 g/mol. The molecule has 0 saturated heterocycles. The summed E-state index contributed by atoms with van der Waals surface area (Å²) in [6.07, 6.45) is 0. The van der Waals surface area contributed by atoms with Crippen LogP contribution in [0, 0.1) is 0 Å². The molecule has 0 aliphatic heterocycles. The van der Waals surface area contributed by atoms with Gasteiger partial charge in [-0.15, -0.1) is 0 Å². The van der Waals surface area contributed by atoms with E-state index >= 15 is 0 Å². The zero-order valence-corrected chi connectivity index (χ0v) is 24.8. The molecule has 1 unspecified atom stereocenters. The van der Waals surface area contributed by atoms with Gasteiger partial charge in [-0.2, -0.15) is 0 Å². The number of hydrogen-bond donors (Lipinski definition) is 1. The molecule has 0 radical (unpaired) electrons. The Morgan fingerprint density at radius 1 is 0.478 bits per heavy atom. The van der Waals surface area contributed by atoms with Gasteiger partial charge in [-0.3, -0.25) is 0 Å². The maximum atomic E-state index is 13.2. The Balaban J connectivity index is 1.25. The third-order valence-corrected chi connectivity index (χ3v) is 9.84. The average molecular weight is 590 g/mol. The Kier molecular flexibility index (Phi) is 5.14. The molecule has 10 rings (SSSR count). The largest absolute Gasteiger partial charge is 0.455 e. The summed E-state index contributed by atoms with van der Waals surface area (Å²) in [7, 11) is 0. The minimum Gasteiger partial charge on any atom is -0.455 e. The van der Waals surface area contributed by atoms with E-state index in [1.807, 2.05) is 36.4 Å². The fraction of sp³-hybridized carbons (Fsp3) is 0.0233. The first-order valence-electron chi connectivity index (χ1n) is 15.7. The van der Waals surface area contributed by atoms with Gasteiger partial charge < -0.3 is 14.1 Å². The van der Waals surface area contributed by atoms with Crippen molar-refractivity contribution in [2.75, 3.05) is 0 Å². The molecule has 1 aliphatic carbocycles. The number of rotatable bonds is 3. The molecule has 0 spiro atoms. The molecule has 9 aromatic rings. The highest BCUT2D eigenvalue weighted by molar-refractivity contribution is 6.12.